The Morgan fingerprint density at radius 3 is 2.47 bits per heavy atom. The first-order chi connectivity index (χ1) is 8.63. The Morgan fingerprint density at radius 1 is 1.53 bits per heavy atom. The van der Waals surface area contributed by atoms with Gasteiger partial charge in [0.05, 0.1) is 5.69 Å². The predicted molar refractivity (Wildman–Crippen MR) is 69.1 cm³/mol. The summed E-state index contributed by atoms with van der Waals surface area (Å²) in [6.45, 7) is 5.23. The zero-order valence-electron chi connectivity index (χ0n) is 11.4. The minimum Gasteiger partial charge on any atom is -0.480 e. The van der Waals surface area contributed by atoms with Gasteiger partial charge in [-0.3, -0.25) is 9.48 Å². The van der Waals surface area contributed by atoms with Crippen LogP contribution in [0.25, 0.3) is 0 Å². The minimum atomic E-state index is -3.87. The summed E-state index contributed by atoms with van der Waals surface area (Å²) in [5.74, 6) is -1.11. The van der Waals surface area contributed by atoms with E-state index in [1.165, 1.54) is 10.9 Å². The van der Waals surface area contributed by atoms with Crippen LogP contribution < -0.4 is 4.72 Å². The van der Waals surface area contributed by atoms with Crippen LogP contribution >= 0.6 is 0 Å². The number of carboxylic acid groups (broad SMARTS) is 1. The van der Waals surface area contributed by atoms with E-state index in [4.69, 9.17) is 5.11 Å². The number of rotatable bonds is 6. The van der Waals surface area contributed by atoms with Gasteiger partial charge in [-0.15, -0.1) is 0 Å². The fourth-order valence-electron chi connectivity index (χ4n) is 1.76. The van der Waals surface area contributed by atoms with Crippen LogP contribution in [0.15, 0.2) is 11.1 Å². The van der Waals surface area contributed by atoms with Crippen molar-refractivity contribution in [2.75, 3.05) is 0 Å². The van der Waals surface area contributed by atoms with Crippen molar-refractivity contribution in [3.05, 3.63) is 11.9 Å². The van der Waals surface area contributed by atoms with Gasteiger partial charge < -0.3 is 5.11 Å². The molecule has 0 aliphatic rings. The molecule has 1 heterocycles. The summed E-state index contributed by atoms with van der Waals surface area (Å²) in [6.07, 6.45) is 1.58. The molecule has 0 aliphatic carbocycles. The molecule has 0 saturated heterocycles. The number of aliphatic carboxylic acids is 1. The third-order valence-electron chi connectivity index (χ3n) is 2.56. The van der Waals surface area contributed by atoms with Gasteiger partial charge in [0.2, 0.25) is 10.0 Å². The summed E-state index contributed by atoms with van der Waals surface area (Å²) in [5, 5.41) is 13.0. The van der Waals surface area contributed by atoms with E-state index in [-0.39, 0.29) is 17.2 Å². The summed E-state index contributed by atoms with van der Waals surface area (Å²) in [6, 6.07) is -1.13. The molecule has 0 unspecified atom stereocenters. The molecule has 0 aromatic carbocycles. The molecule has 7 nitrogen and oxygen atoms in total. The number of carbonyl (C=O) groups is 1. The highest BCUT2D eigenvalue weighted by molar-refractivity contribution is 7.89. The number of hydrogen-bond acceptors (Lipinski definition) is 4. The van der Waals surface area contributed by atoms with Gasteiger partial charge >= 0.3 is 5.97 Å². The maximum Gasteiger partial charge on any atom is 0.321 e. The van der Waals surface area contributed by atoms with Gasteiger partial charge in [0.25, 0.3) is 0 Å². The van der Waals surface area contributed by atoms with Crippen LogP contribution in [-0.2, 0) is 21.9 Å². The van der Waals surface area contributed by atoms with Crippen molar-refractivity contribution in [2.24, 2.45) is 13.0 Å². The molecule has 1 rings (SSSR count). The third kappa shape index (κ3) is 4.03. The molecule has 0 spiro atoms. The predicted octanol–water partition coefficient (Wildman–Crippen LogP) is 0.506. The number of aryl methyl sites for hydroxylation is 2. The quantitative estimate of drug-likeness (QED) is 0.794. The Balaban J connectivity index is 3.01. The molecule has 2 N–H and O–H groups in total. The Bertz CT molecular complexity index is 562. The Labute approximate surface area is 112 Å². The Kier molecular flexibility index (Phi) is 4.70. The molecule has 1 aromatic heterocycles. The zero-order chi connectivity index (χ0) is 14.8. The van der Waals surface area contributed by atoms with Crippen LogP contribution in [0.5, 0.6) is 0 Å². The SMILES string of the molecule is Cc1nn(C)cc1S(=O)(=O)N[C@H](CC(C)C)C(=O)O. The van der Waals surface area contributed by atoms with Crippen LogP contribution in [-0.4, -0.2) is 35.3 Å². The number of carboxylic acids is 1. The summed E-state index contributed by atoms with van der Waals surface area (Å²) in [7, 11) is -2.27. The molecule has 0 aliphatic heterocycles. The first-order valence-electron chi connectivity index (χ1n) is 5.89. The van der Waals surface area contributed by atoms with E-state index >= 15 is 0 Å². The maximum absolute atomic E-state index is 12.1. The normalized spacial score (nSPS) is 13.7. The van der Waals surface area contributed by atoms with E-state index in [1.54, 1.807) is 14.0 Å². The van der Waals surface area contributed by atoms with Crippen molar-refractivity contribution < 1.29 is 18.3 Å². The van der Waals surface area contributed by atoms with Crippen LogP contribution in [0.3, 0.4) is 0 Å². The van der Waals surface area contributed by atoms with E-state index in [0.717, 1.165) is 0 Å². The Morgan fingerprint density at radius 2 is 2.11 bits per heavy atom. The summed E-state index contributed by atoms with van der Waals surface area (Å²) >= 11 is 0. The van der Waals surface area contributed by atoms with Crippen molar-refractivity contribution >= 4 is 16.0 Å². The molecule has 19 heavy (non-hydrogen) atoms. The highest BCUT2D eigenvalue weighted by atomic mass is 32.2. The number of nitrogens with one attached hydrogen (secondary N) is 1. The van der Waals surface area contributed by atoms with Crippen LogP contribution in [0.1, 0.15) is 26.0 Å². The molecule has 0 bridgehead atoms. The Hall–Kier alpha value is -1.41. The number of hydrogen-bond donors (Lipinski definition) is 2. The number of sulfonamides is 1. The molecular formula is C11H19N3O4S. The van der Waals surface area contributed by atoms with Crippen molar-refractivity contribution in [1.82, 2.24) is 14.5 Å². The van der Waals surface area contributed by atoms with E-state index in [9.17, 15) is 13.2 Å². The molecule has 0 amide bonds. The highest BCUT2D eigenvalue weighted by Crippen LogP contribution is 2.15. The van der Waals surface area contributed by atoms with Crippen molar-refractivity contribution in [3.8, 4) is 0 Å². The lowest BCUT2D eigenvalue weighted by Gasteiger charge is -2.16. The molecule has 0 saturated carbocycles. The molecule has 1 atom stereocenters. The number of aromatic nitrogens is 2. The van der Waals surface area contributed by atoms with Gasteiger partial charge in [-0.25, -0.2) is 8.42 Å². The standard InChI is InChI=1S/C11H19N3O4S/c1-7(2)5-9(11(15)16)13-19(17,18)10-6-14(4)12-8(10)3/h6-7,9,13H,5H2,1-4H3,(H,15,16)/t9-/m1/s1. The molecule has 1 aromatic rings. The van der Waals surface area contributed by atoms with Gasteiger partial charge in [0.1, 0.15) is 10.9 Å². The fourth-order valence-corrected chi connectivity index (χ4v) is 3.18. The second-order valence-corrected chi connectivity index (χ2v) is 6.58. The third-order valence-corrected chi connectivity index (χ3v) is 4.14. The lowest BCUT2D eigenvalue weighted by atomic mass is 10.1. The van der Waals surface area contributed by atoms with Crippen LogP contribution in [0, 0.1) is 12.8 Å². The fraction of sp³-hybridized carbons (Fsp3) is 0.636. The number of nitrogens with zero attached hydrogens (tertiary/aromatic N) is 2. The van der Waals surface area contributed by atoms with Gasteiger partial charge in [-0.1, -0.05) is 13.8 Å². The average molecular weight is 289 g/mol. The topological polar surface area (TPSA) is 101 Å². The average Bonchev–Trinajstić information content (AvgIpc) is 2.56. The smallest absolute Gasteiger partial charge is 0.321 e. The van der Waals surface area contributed by atoms with E-state index in [1.807, 2.05) is 13.8 Å². The summed E-state index contributed by atoms with van der Waals surface area (Å²) in [4.78, 5) is 11.1. The van der Waals surface area contributed by atoms with E-state index < -0.39 is 22.0 Å². The van der Waals surface area contributed by atoms with Crippen LogP contribution in [0.2, 0.25) is 0 Å². The molecule has 108 valence electrons. The van der Waals surface area contributed by atoms with Crippen molar-refractivity contribution in [2.45, 2.75) is 38.1 Å². The zero-order valence-corrected chi connectivity index (χ0v) is 12.2. The van der Waals surface area contributed by atoms with Gasteiger partial charge in [-0.05, 0) is 19.3 Å². The van der Waals surface area contributed by atoms with Crippen molar-refractivity contribution in [3.63, 3.8) is 0 Å². The monoisotopic (exact) mass is 289 g/mol. The lowest BCUT2D eigenvalue weighted by molar-refractivity contribution is -0.139. The van der Waals surface area contributed by atoms with Gasteiger partial charge in [0, 0.05) is 13.2 Å². The molecule has 0 radical (unpaired) electrons. The van der Waals surface area contributed by atoms with E-state index in [2.05, 4.69) is 9.82 Å². The van der Waals surface area contributed by atoms with E-state index in [0.29, 0.717) is 5.69 Å². The lowest BCUT2D eigenvalue weighted by Crippen LogP contribution is -2.41. The highest BCUT2D eigenvalue weighted by Gasteiger charge is 2.28. The molecule has 8 heteroatoms. The largest absolute Gasteiger partial charge is 0.480 e. The van der Waals surface area contributed by atoms with Gasteiger partial charge in [0.15, 0.2) is 0 Å². The molecular weight excluding hydrogens is 270 g/mol. The van der Waals surface area contributed by atoms with Gasteiger partial charge in [-0.2, -0.15) is 9.82 Å². The second kappa shape index (κ2) is 5.70. The maximum atomic E-state index is 12.1. The second-order valence-electron chi connectivity index (χ2n) is 4.89. The molecule has 0 fully saturated rings. The first-order valence-corrected chi connectivity index (χ1v) is 7.37. The summed E-state index contributed by atoms with van der Waals surface area (Å²) in [5.41, 5.74) is 0.337. The van der Waals surface area contributed by atoms with Crippen LogP contribution in [0.4, 0.5) is 0 Å². The summed E-state index contributed by atoms with van der Waals surface area (Å²) < 4.78 is 27.9. The minimum absolute atomic E-state index is 0.00464. The van der Waals surface area contributed by atoms with Crippen molar-refractivity contribution in [1.29, 1.82) is 0 Å². The first kappa shape index (κ1) is 15.6.